The first-order valence-electron chi connectivity index (χ1n) is 26.3. The highest BCUT2D eigenvalue weighted by molar-refractivity contribution is 5.73. The van der Waals surface area contributed by atoms with Crippen LogP contribution in [-0.2, 0) is 40.0 Å². The molecule has 1 aromatic carbocycles. The highest BCUT2D eigenvalue weighted by Gasteiger charge is 2.21. The number of unbranched alkanes of at least 4 members (excludes halogenated alkanes) is 22. The van der Waals surface area contributed by atoms with E-state index in [0.29, 0.717) is 25.0 Å². The Morgan fingerprint density at radius 2 is 0.908 bits per heavy atom. The number of aliphatic hydroxyl groups excluding tert-OH is 1. The predicted molar refractivity (Wildman–Crippen MR) is 266 cm³/mol. The van der Waals surface area contributed by atoms with Crippen LogP contribution in [0.1, 0.15) is 243 Å². The third kappa shape index (κ3) is 35.4. The molecule has 0 fully saturated rings. The van der Waals surface area contributed by atoms with Crippen LogP contribution in [0.5, 0.6) is 5.75 Å². The van der Waals surface area contributed by atoms with Gasteiger partial charge in [0, 0.05) is 25.7 Å². The van der Waals surface area contributed by atoms with Crippen LogP contribution in [-0.4, -0.2) is 48.3 Å². The van der Waals surface area contributed by atoms with Gasteiger partial charge in [-0.1, -0.05) is 179 Å². The summed E-state index contributed by atoms with van der Waals surface area (Å²) in [6.07, 6.45) is 40.1. The molecule has 0 aromatic heterocycles. The van der Waals surface area contributed by atoms with Crippen molar-refractivity contribution in [2.75, 3.05) is 13.2 Å². The third-order valence-corrected chi connectivity index (χ3v) is 12.0. The Morgan fingerprint density at radius 1 is 0.523 bits per heavy atom. The summed E-state index contributed by atoms with van der Waals surface area (Å²) < 4.78 is 22.5. The van der Waals surface area contributed by atoms with E-state index in [1.165, 1.54) is 64.2 Å². The summed E-state index contributed by atoms with van der Waals surface area (Å²) in [5.74, 6) is -0.429. The second kappa shape index (κ2) is 41.9. The number of carbonyl (C=O) groups is 4. The quantitative estimate of drug-likeness (QED) is 0.0224. The minimum atomic E-state index is -0.823. The Morgan fingerprint density at radius 3 is 1.34 bits per heavy atom. The first-order chi connectivity index (χ1) is 31.6. The van der Waals surface area contributed by atoms with Crippen molar-refractivity contribution in [1.82, 2.24) is 0 Å². The number of esters is 4. The number of hydrogen-bond donors (Lipinski definition) is 1. The molecule has 0 aliphatic carbocycles. The molecule has 1 aromatic rings. The number of ether oxygens (including phenoxy) is 4. The van der Waals surface area contributed by atoms with Crippen LogP contribution in [0.2, 0.25) is 0 Å². The highest BCUT2D eigenvalue weighted by atomic mass is 16.6. The number of carbonyl (C=O) groups excluding carboxylic acids is 4. The first-order valence-corrected chi connectivity index (χ1v) is 26.3. The van der Waals surface area contributed by atoms with Gasteiger partial charge in [0.15, 0.2) is 6.10 Å². The van der Waals surface area contributed by atoms with Crippen LogP contribution >= 0.6 is 0 Å². The van der Waals surface area contributed by atoms with Crippen molar-refractivity contribution in [3.8, 4) is 5.75 Å². The van der Waals surface area contributed by atoms with Gasteiger partial charge in [0.05, 0.1) is 6.61 Å². The Kier molecular flexibility index (Phi) is 38.4. The molecule has 0 amide bonds. The molecule has 1 N–H and O–H groups in total. The Labute approximate surface area is 396 Å². The second-order valence-electron chi connectivity index (χ2n) is 18.5. The van der Waals surface area contributed by atoms with E-state index in [1.54, 1.807) is 0 Å². The molecule has 0 aliphatic heterocycles. The van der Waals surface area contributed by atoms with Gasteiger partial charge < -0.3 is 24.1 Å². The molecule has 1 rings (SSSR count). The van der Waals surface area contributed by atoms with Crippen molar-refractivity contribution in [1.29, 1.82) is 0 Å². The molecule has 65 heavy (non-hydrogen) atoms. The molecule has 0 saturated heterocycles. The van der Waals surface area contributed by atoms with E-state index in [2.05, 4.69) is 45.1 Å². The summed E-state index contributed by atoms with van der Waals surface area (Å²) in [5, 5.41) is 9.38. The fourth-order valence-corrected chi connectivity index (χ4v) is 7.95. The standard InChI is InChI=1S/C56H94O9/c1-6-8-10-12-14-16-18-22-26-30-34-38-52(58)62-45-51(46-63-53(59)39-35-31-27-23-19-17-15-13-11-9-7-2)64-55(61)41-47(3)37-33-29-25-21-20-24-28-32-36-40-54(60)65-56-48(4)42-50(44-57)43-49(56)5/h12-15,42-43,47,51,57H,6-11,16-41,44-46H2,1-5H3/b14-12-,15-13-. The number of rotatable bonds is 43. The first kappa shape index (κ1) is 59.6. The lowest BCUT2D eigenvalue weighted by Gasteiger charge is -2.19. The van der Waals surface area contributed by atoms with Gasteiger partial charge in [0.1, 0.15) is 19.0 Å². The van der Waals surface area contributed by atoms with E-state index in [1.807, 2.05) is 26.0 Å². The molecule has 0 saturated carbocycles. The van der Waals surface area contributed by atoms with Gasteiger partial charge in [-0.05, 0) is 94.2 Å². The normalized spacial score (nSPS) is 12.0. The lowest BCUT2D eigenvalue weighted by Crippen LogP contribution is -2.31. The van der Waals surface area contributed by atoms with Crippen molar-refractivity contribution in [2.45, 2.75) is 253 Å². The smallest absolute Gasteiger partial charge is 0.311 e. The zero-order chi connectivity index (χ0) is 47.6. The fraction of sp³-hybridized carbons (Fsp3) is 0.750. The topological polar surface area (TPSA) is 125 Å². The molecular formula is C56H94O9. The third-order valence-electron chi connectivity index (χ3n) is 12.0. The molecule has 1 atom stereocenters. The van der Waals surface area contributed by atoms with Gasteiger partial charge in [0.25, 0.3) is 0 Å². The molecule has 0 aliphatic rings. The highest BCUT2D eigenvalue weighted by Crippen LogP contribution is 2.26. The molecule has 9 nitrogen and oxygen atoms in total. The summed E-state index contributed by atoms with van der Waals surface area (Å²) in [6, 6.07) is 3.71. The van der Waals surface area contributed by atoms with Crippen molar-refractivity contribution >= 4 is 23.9 Å². The van der Waals surface area contributed by atoms with Gasteiger partial charge >= 0.3 is 23.9 Å². The summed E-state index contributed by atoms with van der Waals surface area (Å²) in [4.78, 5) is 50.6. The zero-order valence-corrected chi connectivity index (χ0v) is 42.1. The summed E-state index contributed by atoms with van der Waals surface area (Å²) in [7, 11) is 0. The Balaban J connectivity index is 2.34. The Bertz CT molecular complexity index is 1360. The molecule has 372 valence electrons. The van der Waals surface area contributed by atoms with Crippen LogP contribution in [0.15, 0.2) is 36.4 Å². The maximum atomic E-state index is 13.0. The van der Waals surface area contributed by atoms with E-state index >= 15 is 0 Å². The average Bonchev–Trinajstić information content (AvgIpc) is 3.28. The van der Waals surface area contributed by atoms with Crippen molar-refractivity contribution in [3.05, 3.63) is 53.1 Å². The molecule has 0 heterocycles. The van der Waals surface area contributed by atoms with Crippen LogP contribution in [0, 0.1) is 19.8 Å². The van der Waals surface area contributed by atoms with Gasteiger partial charge in [0.2, 0.25) is 0 Å². The molecule has 1 unspecified atom stereocenters. The maximum Gasteiger partial charge on any atom is 0.311 e. The lowest BCUT2D eigenvalue weighted by molar-refractivity contribution is -0.167. The summed E-state index contributed by atoms with van der Waals surface area (Å²) in [6.45, 7) is 10.0. The average molecular weight is 911 g/mol. The van der Waals surface area contributed by atoms with E-state index < -0.39 is 6.10 Å². The number of allylic oxidation sites excluding steroid dienone is 4. The van der Waals surface area contributed by atoms with Crippen molar-refractivity contribution in [3.63, 3.8) is 0 Å². The van der Waals surface area contributed by atoms with Crippen LogP contribution in [0.25, 0.3) is 0 Å². The summed E-state index contributed by atoms with van der Waals surface area (Å²) >= 11 is 0. The van der Waals surface area contributed by atoms with Crippen LogP contribution in [0.3, 0.4) is 0 Å². The number of benzene rings is 1. The van der Waals surface area contributed by atoms with E-state index in [9.17, 15) is 24.3 Å². The van der Waals surface area contributed by atoms with Gasteiger partial charge in [-0.15, -0.1) is 0 Å². The molecular weight excluding hydrogens is 817 g/mol. The number of aliphatic hydroxyl groups is 1. The zero-order valence-electron chi connectivity index (χ0n) is 42.1. The van der Waals surface area contributed by atoms with Gasteiger partial charge in [-0.3, -0.25) is 19.2 Å². The fourth-order valence-electron chi connectivity index (χ4n) is 7.95. The minimum Gasteiger partial charge on any atom is -0.462 e. The number of hydrogen-bond acceptors (Lipinski definition) is 9. The van der Waals surface area contributed by atoms with Crippen LogP contribution < -0.4 is 4.74 Å². The number of aryl methyl sites for hydroxylation is 2. The predicted octanol–water partition coefficient (Wildman–Crippen LogP) is 15.0. The van der Waals surface area contributed by atoms with Crippen LogP contribution in [0.4, 0.5) is 0 Å². The van der Waals surface area contributed by atoms with Gasteiger partial charge in [-0.2, -0.15) is 0 Å². The molecule has 9 heteroatoms. The van der Waals surface area contributed by atoms with E-state index in [0.717, 1.165) is 132 Å². The maximum absolute atomic E-state index is 13.0. The van der Waals surface area contributed by atoms with E-state index in [4.69, 9.17) is 18.9 Å². The Hall–Kier alpha value is -3.46. The molecule has 0 radical (unpaired) electrons. The lowest BCUT2D eigenvalue weighted by atomic mass is 9.99. The van der Waals surface area contributed by atoms with Crippen molar-refractivity contribution < 1.29 is 43.2 Å². The van der Waals surface area contributed by atoms with Crippen molar-refractivity contribution in [2.24, 2.45) is 5.92 Å². The SMILES string of the molecule is CCCC/C=C\CCCCCCCC(=O)OCC(COC(=O)CCCCCCC/C=C\CCCC)OC(=O)CC(C)CCCCCCCCCCCC(=O)Oc1c(C)cc(CO)cc1C. The molecule has 0 spiro atoms. The molecule has 0 bridgehead atoms. The monoisotopic (exact) mass is 911 g/mol. The minimum absolute atomic E-state index is 0.0308. The van der Waals surface area contributed by atoms with Gasteiger partial charge in [-0.25, -0.2) is 0 Å². The largest absolute Gasteiger partial charge is 0.462 e. The second-order valence-corrected chi connectivity index (χ2v) is 18.5. The van der Waals surface area contributed by atoms with E-state index in [-0.39, 0.29) is 56.0 Å². The summed E-state index contributed by atoms with van der Waals surface area (Å²) in [5.41, 5.74) is 2.54.